The SMILES string of the molecule is Cc1ncc(-c2ccc(-c3cnc(C)nc3)cc2)cn1. The smallest absolute Gasteiger partial charge is 0.125 e. The molecule has 0 aliphatic rings. The summed E-state index contributed by atoms with van der Waals surface area (Å²) >= 11 is 0. The van der Waals surface area contributed by atoms with Gasteiger partial charge in [0, 0.05) is 35.9 Å². The quantitative estimate of drug-likeness (QED) is 0.711. The van der Waals surface area contributed by atoms with Crippen LogP contribution in [0.4, 0.5) is 0 Å². The molecule has 2 heterocycles. The summed E-state index contributed by atoms with van der Waals surface area (Å²) in [6, 6.07) is 8.23. The number of hydrogen-bond acceptors (Lipinski definition) is 4. The van der Waals surface area contributed by atoms with Crippen molar-refractivity contribution in [3.8, 4) is 22.3 Å². The van der Waals surface area contributed by atoms with Gasteiger partial charge in [0.15, 0.2) is 0 Å². The molecule has 0 amide bonds. The Balaban J connectivity index is 1.91. The Morgan fingerprint density at radius 1 is 0.500 bits per heavy atom. The molecule has 4 nitrogen and oxygen atoms in total. The van der Waals surface area contributed by atoms with Crippen molar-refractivity contribution in [3.05, 3.63) is 60.7 Å². The van der Waals surface area contributed by atoms with E-state index in [0.717, 1.165) is 33.9 Å². The van der Waals surface area contributed by atoms with Gasteiger partial charge in [0.1, 0.15) is 11.6 Å². The summed E-state index contributed by atoms with van der Waals surface area (Å²) in [6.07, 6.45) is 7.36. The predicted molar refractivity (Wildman–Crippen MR) is 78.0 cm³/mol. The van der Waals surface area contributed by atoms with Crippen LogP contribution in [-0.2, 0) is 0 Å². The molecule has 0 atom stereocenters. The van der Waals surface area contributed by atoms with Gasteiger partial charge in [-0.1, -0.05) is 24.3 Å². The maximum absolute atomic E-state index is 4.21. The van der Waals surface area contributed by atoms with E-state index < -0.39 is 0 Å². The van der Waals surface area contributed by atoms with Crippen molar-refractivity contribution in [2.24, 2.45) is 0 Å². The first-order valence-electron chi connectivity index (χ1n) is 6.40. The van der Waals surface area contributed by atoms with Crippen LogP contribution in [0.25, 0.3) is 22.3 Å². The Bertz CT molecular complexity index is 636. The van der Waals surface area contributed by atoms with Crippen LogP contribution in [0, 0.1) is 13.8 Å². The zero-order valence-corrected chi connectivity index (χ0v) is 11.4. The molecule has 4 heteroatoms. The lowest BCUT2D eigenvalue weighted by Crippen LogP contribution is -1.89. The molecule has 98 valence electrons. The van der Waals surface area contributed by atoms with Crippen molar-refractivity contribution in [1.29, 1.82) is 0 Å². The van der Waals surface area contributed by atoms with Crippen LogP contribution in [0.3, 0.4) is 0 Å². The summed E-state index contributed by atoms with van der Waals surface area (Å²) in [6.45, 7) is 3.76. The summed E-state index contributed by atoms with van der Waals surface area (Å²) in [7, 11) is 0. The van der Waals surface area contributed by atoms with Crippen LogP contribution < -0.4 is 0 Å². The normalized spacial score (nSPS) is 10.5. The average molecular weight is 262 g/mol. The van der Waals surface area contributed by atoms with Crippen molar-refractivity contribution in [2.45, 2.75) is 13.8 Å². The van der Waals surface area contributed by atoms with Crippen LogP contribution in [0.2, 0.25) is 0 Å². The molecule has 0 N–H and O–H groups in total. The molecule has 2 aromatic heterocycles. The highest BCUT2D eigenvalue weighted by Gasteiger charge is 2.02. The van der Waals surface area contributed by atoms with Gasteiger partial charge < -0.3 is 0 Å². The number of aryl methyl sites for hydroxylation is 2. The lowest BCUT2D eigenvalue weighted by molar-refractivity contribution is 1.05. The zero-order valence-electron chi connectivity index (χ0n) is 11.4. The van der Waals surface area contributed by atoms with E-state index in [-0.39, 0.29) is 0 Å². The molecule has 0 fully saturated rings. The first-order valence-corrected chi connectivity index (χ1v) is 6.40. The fraction of sp³-hybridized carbons (Fsp3) is 0.125. The Labute approximate surface area is 117 Å². The van der Waals surface area contributed by atoms with Gasteiger partial charge in [0.05, 0.1) is 0 Å². The maximum Gasteiger partial charge on any atom is 0.125 e. The van der Waals surface area contributed by atoms with Gasteiger partial charge in [-0.25, -0.2) is 19.9 Å². The zero-order chi connectivity index (χ0) is 13.9. The first-order chi connectivity index (χ1) is 9.72. The summed E-state index contributed by atoms with van der Waals surface area (Å²) < 4.78 is 0. The fourth-order valence-electron chi connectivity index (χ4n) is 1.94. The molecule has 0 aliphatic heterocycles. The fourth-order valence-corrected chi connectivity index (χ4v) is 1.94. The summed E-state index contributed by atoms with van der Waals surface area (Å²) in [5, 5.41) is 0. The number of hydrogen-bond donors (Lipinski definition) is 0. The minimum Gasteiger partial charge on any atom is -0.241 e. The molecule has 20 heavy (non-hydrogen) atoms. The number of aromatic nitrogens is 4. The monoisotopic (exact) mass is 262 g/mol. The van der Waals surface area contributed by atoms with Gasteiger partial charge in [-0.3, -0.25) is 0 Å². The van der Waals surface area contributed by atoms with Crippen LogP contribution in [0.15, 0.2) is 49.1 Å². The third-order valence-electron chi connectivity index (χ3n) is 3.11. The number of benzene rings is 1. The van der Waals surface area contributed by atoms with Crippen molar-refractivity contribution < 1.29 is 0 Å². The Morgan fingerprint density at radius 2 is 0.800 bits per heavy atom. The van der Waals surface area contributed by atoms with Crippen molar-refractivity contribution in [3.63, 3.8) is 0 Å². The highest BCUT2D eigenvalue weighted by Crippen LogP contribution is 2.23. The minimum atomic E-state index is 0.780. The van der Waals surface area contributed by atoms with Gasteiger partial charge in [0.25, 0.3) is 0 Å². The van der Waals surface area contributed by atoms with E-state index in [1.165, 1.54) is 0 Å². The van der Waals surface area contributed by atoms with E-state index in [1.807, 2.05) is 38.6 Å². The van der Waals surface area contributed by atoms with E-state index in [0.29, 0.717) is 0 Å². The molecular formula is C16H14N4. The number of rotatable bonds is 2. The Morgan fingerprint density at radius 3 is 1.10 bits per heavy atom. The molecular weight excluding hydrogens is 248 g/mol. The van der Waals surface area contributed by atoms with Crippen LogP contribution in [-0.4, -0.2) is 19.9 Å². The summed E-state index contributed by atoms with van der Waals surface area (Å²) in [5.41, 5.74) is 4.23. The van der Waals surface area contributed by atoms with E-state index >= 15 is 0 Å². The van der Waals surface area contributed by atoms with E-state index in [1.54, 1.807) is 0 Å². The van der Waals surface area contributed by atoms with E-state index in [9.17, 15) is 0 Å². The molecule has 1 aromatic carbocycles. The predicted octanol–water partition coefficient (Wildman–Crippen LogP) is 3.22. The van der Waals surface area contributed by atoms with Crippen molar-refractivity contribution in [2.75, 3.05) is 0 Å². The summed E-state index contributed by atoms with van der Waals surface area (Å²) in [4.78, 5) is 16.9. The molecule has 0 radical (unpaired) electrons. The molecule has 3 aromatic rings. The van der Waals surface area contributed by atoms with Crippen molar-refractivity contribution >= 4 is 0 Å². The highest BCUT2D eigenvalue weighted by atomic mass is 14.8. The highest BCUT2D eigenvalue weighted by molar-refractivity contribution is 5.68. The second-order valence-corrected chi connectivity index (χ2v) is 4.62. The molecule has 0 bridgehead atoms. The van der Waals surface area contributed by atoms with Crippen LogP contribution in [0.5, 0.6) is 0 Å². The second-order valence-electron chi connectivity index (χ2n) is 4.62. The van der Waals surface area contributed by atoms with Gasteiger partial charge in [-0.2, -0.15) is 0 Å². The topological polar surface area (TPSA) is 51.6 Å². The Kier molecular flexibility index (Phi) is 3.21. The van der Waals surface area contributed by atoms with E-state index in [4.69, 9.17) is 0 Å². The number of nitrogens with zero attached hydrogens (tertiary/aromatic N) is 4. The van der Waals surface area contributed by atoms with Crippen LogP contribution in [0.1, 0.15) is 11.6 Å². The molecule has 0 aliphatic carbocycles. The van der Waals surface area contributed by atoms with Gasteiger partial charge in [-0.05, 0) is 25.0 Å². The molecule has 0 unspecified atom stereocenters. The summed E-state index contributed by atoms with van der Waals surface area (Å²) in [5.74, 6) is 1.56. The molecule has 0 spiro atoms. The molecule has 3 rings (SSSR count). The largest absolute Gasteiger partial charge is 0.241 e. The minimum absolute atomic E-state index is 0.780. The maximum atomic E-state index is 4.21. The molecule has 0 saturated carbocycles. The van der Waals surface area contributed by atoms with Gasteiger partial charge in [0.2, 0.25) is 0 Å². The third kappa shape index (κ3) is 2.54. The molecule has 0 saturated heterocycles. The lowest BCUT2D eigenvalue weighted by Gasteiger charge is -2.04. The average Bonchev–Trinajstić information content (AvgIpc) is 2.49. The van der Waals surface area contributed by atoms with Gasteiger partial charge in [-0.15, -0.1) is 0 Å². The van der Waals surface area contributed by atoms with E-state index in [2.05, 4.69) is 44.2 Å². The third-order valence-corrected chi connectivity index (χ3v) is 3.11. The van der Waals surface area contributed by atoms with Gasteiger partial charge >= 0.3 is 0 Å². The Hall–Kier alpha value is -2.62. The van der Waals surface area contributed by atoms with Crippen LogP contribution >= 0.6 is 0 Å². The van der Waals surface area contributed by atoms with Crippen molar-refractivity contribution in [1.82, 2.24) is 19.9 Å². The lowest BCUT2D eigenvalue weighted by atomic mass is 10.0. The first kappa shape index (κ1) is 12.4. The standard InChI is InChI=1S/C16H14N4/c1-11-17-7-15(8-18-11)13-3-5-14(6-4-13)16-9-19-12(2)20-10-16/h3-10H,1-2H3. The second kappa shape index (κ2) is 5.17.